The first-order valence-corrected chi connectivity index (χ1v) is 3.43. The van der Waals surface area contributed by atoms with Crippen molar-refractivity contribution in [2.45, 2.75) is 26.4 Å². The van der Waals surface area contributed by atoms with Crippen LogP contribution in [-0.2, 0) is 6.54 Å². The summed E-state index contributed by atoms with van der Waals surface area (Å²) in [5.74, 6) is 1.03. The molecule has 1 aromatic rings. The predicted molar refractivity (Wildman–Crippen MR) is 40.6 cm³/mol. The third kappa shape index (κ3) is 1.57. The fourth-order valence-corrected chi connectivity index (χ4v) is 0.907. The van der Waals surface area contributed by atoms with Crippen LogP contribution < -0.4 is 5.73 Å². The van der Waals surface area contributed by atoms with Crippen LogP contribution >= 0.6 is 0 Å². The van der Waals surface area contributed by atoms with Crippen LogP contribution in [0.2, 0.25) is 0 Å². The first-order chi connectivity index (χ1) is 4.70. The number of hydrogen-bond acceptors (Lipinski definition) is 2. The maximum Gasteiger partial charge on any atom is 0.105 e. The maximum atomic E-state index is 5.60. The van der Waals surface area contributed by atoms with Crippen LogP contribution in [0.1, 0.15) is 12.7 Å². The van der Waals surface area contributed by atoms with Gasteiger partial charge in [-0.15, -0.1) is 0 Å². The van der Waals surface area contributed by atoms with Crippen LogP contribution in [0.3, 0.4) is 0 Å². The van der Waals surface area contributed by atoms with Crippen molar-refractivity contribution in [3.8, 4) is 0 Å². The highest BCUT2D eigenvalue weighted by Crippen LogP contribution is 1.95. The van der Waals surface area contributed by atoms with Crippen molar-refractivity contribution in [1.82, 2.24) is 9.55 Å². The van der Waals surface area contributed by atoms with Crippen LogP contribution in [0.4, 0.5) is 0 Å². The standard InChI is InChI=1S/C7H13N3/c1-6(8)5-10-4-3-9-7(10)2/h3-4,6H,5,8H2,1-2H3. The number of imidazole rings is 1. The van der Waals surface area contributed by atoms with Gasteiger partial charge in [0.15, 0.2) is 0 Å². The topological polar surface area (TPSA) is 43.8 Å². The molecule has 56 valence electrons. The van der Waals surface area contributed by atoms with Gasteiger partial charge in [-0.3, -0.25) is 0 Å². The third-order valence-corrected chi connectivity index (χ3v) is 1.41. The molecular formula is C7H13N3. The van der Waals surface area contributed by atoms with E-state index in [2.05, 4.69) is 4.98 Å². The molecular weight excluding hydrogens is 126 g/mol. The highest BCUT2D eigenvalue weighted by Gasteiger charge is 1.98. The minimum Gasteiger partial charge on any atom is -0.334 e. The zero-order valence-corrected chi connectivity index (χ0v) is 6.41. The van der Waals surface area contributed by atoms with Crippen molar-refractivity contribution in [3.63, 3.8) is 0 Å². The minimum atomic E-state index is 0.202. The first-order valence-electron chi connectivity index (χ1n) is 3.43. The van der Waals surface area contributed by atoms with E-state index in [1.165, 1.54) is 0 Å². The number of aromatic nitrogens is 2. The second-order valence-electron chi connectivity index (χ2n) is 2.60. The van der Waals surface area contributed by atoms with E-state index in [-0.39, 0.29) is 6.04 Å². The number of aryl methyl sites for hydroxylation is 1. The average molecular weight is 139 g/mol. The van der Waals surface area contributed by atoms with Crippen LogP contribution in [0.15, 0.2) is 12.4 Å². The van der Waals surface area contributed by atoms with E-state index in [0.717, 1.165) is 12.4 Å². The van der Waals surface area contributed by atoms with Crippen molar-refractivity contribution in [2.75, 3.05) is 0 Å². The largest absolute Gasteiger partial charge is 0.334 e. The Morgan fingerprint density at radius 2 is 2.50 bits per heavy atom. The minimum absolute atomic E-state index is 0.202. The van der Waals surface area contributed by atoms with E-state index < -0.39 is 0 Å². The summed E-state index contributed by atoms with van der Waals surface area (Å²) in [4.78, 5) is 4.08. The Morgan fingerprint density at radius 3 is 2.90 bits per heavy atom. The van der Waals surface area contributed by atoms with Crippen molar-refractivity contribution in [1.29, 1.82) is 0 Å². The van der Waals surface area contributed by atoms with Gasteiger partial charge in [0.2, 0.25) is 0 Å². The van der Waals surface area contributed by atoms with Gasteiger partial charge in [0.1, 0.15) is 5.82 Å². The fourth-order valence-electron chi connectivity index (χ4n) is 0.907. The van der Waals surface area contributed by atoms with Crippen LogP contribution in [-0.4, -0.2) is 15.6 Å². The van der Waals surface area contributed by atoms with E-state index in [4.69, 9.17) is 5.73 Å². The van der Waals surface area contributed by atoms with Gasteiger partial charge in [-0.1, -0.05) is 0 Å². The smallest absolute Gasteiger partial charge is 0.105 e. The van der Waals surface area contributed by atoms with Gasteiger partial charge in [0, 0.05) is 25.0 Å². The molecule has 0 spiro atoms. The molecule has 3 heteroatoms. The van der Waals surface area contributed by atoms with Gasteiger partial charge in [-0.2, -0.15) is 0 Å². The summed E-state index contributed by atoms with van der Waals surface area (Å²) in [6.07, 6.45) is 3.73. The summed E-state index contributed by atoms with van der Waals surface area (Å²) in [6.45, 7) is 4.81. The summed E-state index contributed by atoms with van der Waals surface area (Å²) < 4.78 is 2.05. The quantitative estimate of drug-likeness (QED) is 0.649. The summed E-state index contributed by atoms with van der Waals surface area (Å²) in [5, 5.41) is 0. The van der Waals surface area contributed by atoms with Gasteiger partial charge in [0.25, 0.3) is 0 Å². The molecule has 1 unspecified atom stereocenters. The number of nitrogens with zero attached hydrogens (tertiary/aromatic N) is 2. The van der Waals surface area contributed by atoms with E-state index >= 15 is 0 Å². The molecule has 3 nitrogen and oxygen atoms in total. The Kier molecular flexibility index (Phi) is 2.06. The molecule has 0 amide bonds. The zero-order chi connectivity index (χ0) is 7.56. The van der Waals surface area contributed by atoms with Crippen molar-refractivity contribution in [2.24, 2.45) is 5.73 Å². The van der Waals surface area contributed by atoms with Crippen molar-refractivity contribution in [3.05, 3.63) is 18.2 Å². The number of rotatable bonds is 2. The lowest BCUT2D eigenvalue weighted by atomic mass is 10.3. The highest BCUT2D eigenvalue weighted by atomic mass is 15.1. The molecule has 1 aromatic heterocycles. The lowest BCUT2D eigenvalue weighted by Crippen LogP contribution is -2.22. The second-order valence-corrected chi connectivity index (χ2v) is 2.60. The molecule has 0 radical (unpaired) electrons. The summed E-state index contributed by atoms with van der Waals surface area (Å²) >= 11 is 0. The zero-order valence-electron chi connectivity index (χ0n) is 6.41. The van der Waals surface area contributed by atoms with Gasteiger partial charge < -0.3 is 10.3 Å². The van der Waals surface area contributed by atoms with E-state index in [9.17, 15) is 0 Å². The normalized spacial score (nSPS) is 13.5. The molecule has 0 aliphatic rings. The van der Waals surface area contributed by atoms with Crippen LogP contribution in [0.5, 0.6) is 0 Å². The van der Waals surface area contributed by atoms with Crippen LogP contribution in [0, 0.1) is 6.92 Å². The molecule has 1 heterocycles. The Morgan fingerprint density at radius 1 is 1.80 bits per heavy atom. The molecule has 0 aliphatic heterocycles. The average Bonchev–Trinajstić information content (AvgIpc) is 2.15. The molecule has 10 heavy (non-hydrogen) atoms. The summed E-state index contributed by atoms with van der Waals surface area (Å²) in [5.41, 5.74) is 5.60. The summed E-state index contributed by atoms with van der Waals surface area (Å²) in [7, 11) is 0. The monoisotopic (exact) mass is 139 g/mol. The van der Waals surface area contributed by atoms with Gasteiger partial charge in [0.05, 0.1) is 0 Å². The Balaban J connectivity index is 2.65. The fraction of sp³-hybridized carbons (Fsp3) is 0.571. The molecule has 0 aliphatic carbocycles. The Bertz CT molecular complexity index is 202. The van der Waals surface area contributed by atoms with E-state index in [0.29, 0.717) is 0 Å². The molecule has 0 fully saturated rings. The molecule has 0 aromatic carbocycles. The van der Waals surface area contributed by atoms with Crippen LogP contribution in [0.25, 0.3) is 0 Å². The van der Waals surface area contributed by atoms with Gasteiger partial charge in [-0.25, -0.2) is 4.98 Å². The molecule has 1 rings (SSSR count). The summed E-state index contributed by atoms with van der Waals surface area (Å²) in [6, 6.07) is 0.202. The lowest BCUT2D eigenvalue weighted by molar-refractivity contribution is 0.577. The predicted octanol–water partition coefficient (Wildman–Crippen LogP) is 0.539. The lowest BCUT2D eigenvalue weighted by Gasteiger charge is -2.06. The second kappa shape index (κ2) is 2.84. The molecule has 0 bridgehead atoms. The maximum absolute atomic E-state index is 5.60. The SMILES string of the molecule is Cc1nccn1CC(C)N. The molecule has 0 saturated heterocycles. The van der Waals surface area contributed by atoms with Crippen molar-refractivity contribution >= 4 is 0 Å². The Hall–Kier alpha value is -0.830. The molecule has 2 N–H and O–H groups in total. The molecule has 1 atom stereocenters. The van der Waals surface area contributed by atoms with E-state index in [1.54, 1.807) is 6.20 Å². The highest BCUT2D eigenvalue weighted by molar-refractivity contribution is 4.88. The first kappa shape index (κ1) is 7.28. The van der Waals surface area contributed by atoms with Gasteiger partial charge >= 0.3 is 0 Å². The van der Waals surface area contributed by atoms with Crippen molar-refractivity contribution < 1.29 is 0 Å². The Labute approximate surface area is 60.9 Å². The molecule has 0 saturated carbocycles. The van der Waals surface area contributed by atoms with Gasteiger partial charge in [-0.05, 0) is 13.8 Å². The van der Waals surface area contributed by atoms with E-state index in [1.807, 2.05) is 24.6 Å². The third-order valence-electron chi connectivity index (χ3n) is 1.41. The number of hydrogen-bond donors (Lipinski definition) is 1. The number of nitrogens with two attached hydrogens (primary N) is 1.